The summed E-state index contributed by atoms with van der Waals surface area (Å²) in [5.74, 6) is 0. The molecule has 0 aromatic heterocycles. The van der Waals surface area contributed by atoms with E-state index in [1.807, 2.05) is 0 Å². The molecule has 0 aliphatic carbocycles. The van der Waals surface area contributed by atoms with Crippen LogP contribution in [0.15, 0.2) is 0 Å². The first-order valence-electron chi connectivity index (χ1n) is 5.05. The van der Waals surface area contributed by atoms with Crippen molar-refractivity contribution in [2.45, 2.75) is 26.7 Å². The van der Waals surface area contributed by atoms with Gasteiger partial charge in [-0.2, -0.15) is 0 Å². The molecule has 0 amide bonds. The van der Waals surface area contributed by atoms with Crippen LogP contribution in [0.5, 0.6) is 0 Å². The van der Waals surface area contributed by atoms with E-state index in [0.717, 1.165) is 6.54 Å². The topological polar surface area (TPSA) is 15.3 Å². The van der Waals surface area contributed by atoms with Crippen molar-refractivity contribution >= 4 is 0 Å². The van der Waals surface area contributed by atoms with E-state index < -0.39 is 0 Å². The maximum Gasteiger partial charge on any atom is 0.00332 e. The van der Waals surface area contributed by atoms with Crippen molar-refractivity contribution < 1.29 is 0 Å². The van der Waals surface area contributed by atoms with Crippen LogP contribution in [0.2, 0.25) is 0 Å². The highest BCUT2D eigenvalue weighted by Crippen LogP contribution is 2.31. The predicted octanol–water partition coefficient (Wildman–Crippen LogP) is 1.33. The molecular weight excluding hydrogens is 148 g/mol. The molecule has 1 heterocycles. The van der Waals surface area contributed by atoms with Gasteiger partial charge in [0.25, 0.3) is 0 Å². The molecule has 0 radical (unpaired) electrons. The first-order chi connectivity index (χ1) is 5.66. The summed E-state index contributed by atoms with van der Waals surface area (Å²) >= 11 is 0. The van der Waals surface area contributed by atoms with Gasteiger partial charge in [-0.1, -0.05) is 13.8 Å². The SMILES string of the molecule is CCNCCC1(C)CCN(C)C1. The molecule has 1 aliphatic heterocycles. The van der Waals surface area contributed by atoms with E-state index in [0.29, 0.717) is 5.41 Å². The summed E-state index contributed by atoms with van der Waals surface area (Å²) < 4.78 is 0. The Bertz CT molecular complexity index is 136. The van der Waals surface area contributed by atoms with Gasteiger partial charge in [0.1, 0.15) is 0 Å². The van der Waals surface area contributed by atoms with Crippen LogP contribution in [-0.4, -0.2) is 38.1 Å². The number of nitrogens with one attached hydrogen (secondary N) is 1. The molecule has 2 nitrogen and oxygen atoms in total. The number of likely N-dealkylation sites (tertiary alicyclic amines) is 1. The minimum atomic E-state index is 0.580. The van der Waals surface area contributed by atoms with E-state index >= 15 is 0 Å². The Labute approximate surface area is 76.3 Å². The van der Waals surface area contributed by atoms with Gasteiger partial charge in [-0.05, 0) is 44.9 Å². The second-order valence-corrected chi connectivity index (χ2v) is 4.40. The van der Waals surface area contributed by atoms with Crippen LogP contribution < -0.4 is 5.32 Å². The van der Waals surface area contributed by atoms with Gasteiger partial charge < -0.3 is 10.2 Å². The van der Waals surface area contributed by atoms with Gasteiger partial charge in [-0.25, -0.2) is 0 Å². The van der Waals surface area contributed by atoms with E-state index in [1.54, 1.807) is 0 Å². The van der Waals surface area contributed by atoms with Crippen LogP contribution in [-0.2, 0) is 0 Å². The Hall–Kier alpha value is -0.0800. The summed E-state index contributed by atoms with van der Waals surface area (Å²) in [6, 6.07) is 0. The van der Waals surface area contributed by atoms with Crippen molar-refractivity contribution in [1.82, 2.24) is 10.2 Å². The maximum atomic E-state index is 3.40. The monoisotopic (exact) mass is 170 g/mol. The first kappa shape index (κ1) is 10.0. The standard InChI is InChI=1S/C10H22N2/c1-4-11-7-5-10(2)6-8-12(3)9-10/h11H,4-9H2,1-3H3. The van der Waals surface area contributed by atoms with Gasteiger partial charge in [-0.3, -0.25) is 0 Å². The number of rotatable bonds is 4. The van der Waals surface area contributed by atoms with Crippen molar-refractivity contribution in [1.29, 1.82) is 0 Å². The second-order valence-electron chi connectivity index (χ2n) is 4.40. The third kappa shape index (κ3) is 2.76. The average molecular weight is 170 g/mol. The Kier molecular flexibility index (Phi) is 3.53. The number of hydrogen-bond acceptors (Lipinski definition) is 2. The molecule has 2 heteroatoms. The molecule has 1 fully saturated rings. The minimum Gasteiger partial charge on any atom is -0.317 e. The second kappa shape index (κ2) is 4.24. The number of nitrogens with zero attached hydrogens (tertiary/aromatic N) is 1. The van der Waals surface area contributed by atoms with E-state index in [-0.39, 0.29) is 0 Å². The maximum absolute atomic E-state index is 3.40. The molecule has 1 rings (SSSR count). The molecule has 1 saturated heterocycles. The molecular formula is C10H22N2. The van der Waals surface area contributed by atoms with Crippen LogP contribution in [0, 0.1) is 5.41 Å². The molecule has 12 heavy (non-hydrogen) atoms. The van der Waals surface area contributed by atoms with E-state index in [9.17, 15) is 0 Å². The molecule has 1 aliphatic rings. The van der Waals surface area contributed by atoms with Crippen molar-refractivity contribution in [3.05, 3.63) is 0 Å². The Morgan fingerprint density at radius 3 is 2.75 bits per heavy atom. The lowest BCUT2D eigenvalue weighted by Gasteiger charge is -2.23. The Balaban J connectivity index is 2.21. The molecule has 1 unspecified atom stereocenters. The smallest absolute Gasteiger partial charge is 0.00332 e. The van der Waals surface area contributed by atoms with Crippen LogP contribution in [0.3, 0.4) is 0 Å². The normalized spacial score (nSPS) is 31.2. The zero-order chi connectivity index (χ0) is 9.03. The number of hydrogen-bond donors (Lipinski definition) is 1. The van der Waals surface area contributed by atoms with E-state index in [2.05, 4.69) is 31.1 Å². The predicted molar refractivity (Wildman–Crippen MR) is 53.4 cm³/mol. The van der Waals surface area contributed by atoms with Gasteiger partial charge >= 0.3 is 0 Å². The molecule has 0 saturated carbocycles. The van der Waals surface area contributed by atoms with Crippen molar-refractivity contribution in [2.75, 3.05) is 33.2 Å². The van der Waals surface area contributed by atoms with Crippen LogP contribution in [0.1, 0.15) is 26.7 Å². The summed E-state index contributed by atoms with van der Waals surface area (Å²) in [5, 5.41) is 3.40. The lowest BCUT2D eigenvalue weighted by atomic mass is 9.86. The van der Waals surface area contributed by atoms with Gasteiger partial charge in [-0.15, -0.1) is 0 Å². The van der Waals surface area contributed by atoms with Crippen LogP contribution in [0.4, 0.5) is 0 Å². The lowest BCUT2D eigenvalue weighted by Crippen LogP contribution is -2.27. The minimum absolute atomic E-state index is 0.580. The fourth-order valence-electron chi connectivity index (χ4n) is 2.04. The molecule has 0 spiro atoms. The van der Waals surface area contributed by atoms with Crippen molar-refractivity contribution in [3.8, 4) is 0 Å². The highest BCUT2D eigenvalue weighted by Gasteiger charge is 2.30. The summed E-state index contributed by atoms with van der Waals surface area (Å²) in [7, 11) is 2.22. The van der Waals surface area contributed by atoms with Crippen LogP contribution in [0.25, 0.3) is 0 Å². The van der Waals surface area contributed by atoms with Gasteiger partial charge in [0.05, 0.1) is 0 Å². The Morgan fingerprint density at radius 1 is 1.50 bits per heavy atom. The van der Waals surface area contributed by atoms with Crippen molar-refractivity contribution in [3.63, 3.8) is 0 Å². The summed E-state index contributed by atoms with van der Waals surface area (Å²) in [6.45, 7) is 9.42. The van der Waals surface area contributed by atoms with Crippen LogP contribution >= 0.6 is 0 Å². The zero-order valence-electron chi connectivity index (χ0n) is 8.69. The summed E-state index contributed by atoms with van der Waals surface area (Å²) in [6.07, 6.45) is 2.69. The highest BCUT2D eigenvalue weighted by atomic mass is 15.1. The molecule has 0 aromatic rings. The Morgan fingerprint density at radius 2 is 2.25 bits per heavy atom. The van der Waals surface area contributed by atoms with E-state index in [4.69, 9.17) is 0 Å². The van der Waals surface area contributed by atoms with Gasteiger partial charge in [0.15, 0.2) is 0 Å². The van der Waals surface area contributed by atoms with E-state index in [1.165, 1.54) is 32.5 Å². The highest BCUT2D eigenvalue weighted by molar-refractivity contribution is 4.85. The molecule has 0 bridgehead atoms. The third-order valence-corrected chi connectivity index (χ3v) is 2.90. The summed E-state index contributed by atoms with van der Waals surface area (Å²) in [5.41, 5.74) is 0.580. The fraction of sp³-hybridized carbons (Fsp3) is 1.00. The summed E-state index contributed by atoms with van der Waals surface area (Å²) in [4.78, 5) is 2.44. The largest absolute Gasteiger partial charge is 0.317 e. The first-order valence-corrected chi connectivity index (χ1v) is 5.05. The fourth-order valence-corrected chi connectivity index (χ4v) is 2.04. The lowest BCUT2D eigenvalue weighted by molar-refractivity contribution is 0.286. The molecule has 1 N–H and O–H groups in total. The van der Waals surface area contributed by atoms with Gasteiger partial charge in [0, 0.05) is 6.54 Å². The zero-order valence-corrected chi connectivity index (χ0v) is 8.69. The van der Waals surface area contributed by atoms with Crippen molar-refractivity contribution in [2.24, 2.45) is 5.41 Å². The molecule has 0 aromatic carbocycles. The molecule has 72 valence electrons. The molecule has 1 atom stereocenters. The quantitative estimate of drug-likeness (QED) is 0.640. The average Bonchev–Trinajstić information content (AvgIpc) is 2.32. The van der Waals surface area contributed by atoms with Gasteiger partial charge in [0.2, 0.25) is 0 Å². The third-order valence-electron chi connectivity index (χ3n) is 2.90.